The van der Waals surface area contributed by atoms with Gasteiger partial charge in [0.25, 0.3) is 0 Å². The van der Waals surface area contributed by atoms with Crippen LogP contribution >= 0.6 is 0 Å². The lowest BCUT2D eigenvalue weighted by Crippen LogP contribution is -2.32. The number of nitrogens with zero attached hydrogens (tertiary/aromatic N) is 1. The molecule has 2 rings (SSSR count). The Morgan fingerprint density at radius 2 is 2.33 bits per heavy atom. The molecule has 2 heteroatoms. The lowest BCUT2D eigenvalue weighted by molar-refractivity contribution is 0.404. The third-order valence-corrected chi connectivity index (χ3v) is 3.28. The third-order valence-electron chi connectivity index (χ3n) is 3.28. The monoisotopic (exact) mass is 204 g/mol. The third kappa shape index (κ3) is 2.78. The number of pyridine rings is 1. The molecular weight excluding hydrogens is 184 g/mol. The van der Waals surface area contributed by atoms with Crippen molar-refractivity contribution in [1.82, 2.24) is 10.3 Å². The average molecular weight is 204 g/mol. The van der Waals surface area contributed by atoms with Crippen LogP contribution in [0.15, 0.2) is 24.5 Å². The first kappa shape index (κ1) is 10.6. The van der Waals surface area contributed by atoms with Gasteiger partial charge >= 0.3 is 0 Å². The van der Waals surface area contributed by atoms with Crippen molar-refractivity contribution < 1.29 is 0 Å². The molecule has 1 aliphatic carbocycles. The number of hydrogen-bond acceptors (Lipinski definition) is 2. The van der Waals surface area contributed by atoms with Gasteiger partial charge in [0.1, 0.15) is 0 Å². The van der Waals surface area contributed by atoms with Crippen LogP contribution in [0.25, 0.3) is 0 Å². The molecule has 1 N–H and O–H groups in total. The molecule has 2 nitrogen and oxygen atoms in total. The fraction of sp³-hybridized carbons (Fsp3) is 0.615. The molecule has 1 heterocycles. The lowest BCUT2D eigenvalue weighted by atomic mass is 10.1. The van der Waals surface area contributed by atoms with E-state index in [0.29, 0.717) is 12.1 Å². The second-order valence-electron chi connectivity index (χ2n) is 4.53. The van der Waals surface area contributed by atoms with Gasteiger partial charge in [-0.2, -0.15) is 0 Å². The summed E-state index contributed by atoms with van der Waals surface area (Å²) in [6, 6.07) is 5.26. The summed E-state index contributed by atoms with van der Waals surface area (Å²) in [5.74, 6) is 0.925. The van der Waals surface area contributed by atoms with E-state index in [1.807, 2.05) is 18.5 Å². The van der Waals surface area contributed by atoms with Gasteiger partial charge in [0, 0.05) is 24.5 Å². The highest BCUT2D eigenvalue weighted by Gasteiger charge is 2.30. The minimum absolute atomic E-state index is 0.421. The minimum atomic E-state index is 0.421. The molecule has 0 saturated heterocycles. The molecule has 0 aliphatic heterocycles. The second-order valence-corrected chi connectivity index (χ2v) is 4.53. The van der Waals surface area contributed by atoms with Crippen molar-refractivity contribution in [3.05, 3.63) is 30.1 Å². The van der Waals surface area contributed by atoms with Crippen molar-refractivity contribution in [2.45, 2.75) is 45.2 Å². The van der Waals surface area contributed by atoms with Gasteiger partial charge < -0.3 is 5.32 Å². The van der Waals surface area contributed by atoms with E-state index in [9.17, 15) is 0 Å². The van der Waals surface area contributed by atoms with Crippen LogP contribution < -0.4 is 5.32 Å². The van der Waals surface area contributed by atoms with E-state index in [1.165, 1.54) is 24.8 Å². The molecule has 1 unspecified atom stereocenters. The van der Waals surface area contributed by atoms with Gasteiger partial charge in [-0.3, -0.25) is 4.98 Å². The molecule has 1 fully saturated rings. The van der Waals surface area contributed by atoms with Gasteiger partial charge in [-0.05, 0) is 43.7 Å². The number of rotatable bonds is 5. The molecule has 0 spiro atoms. The molecule has 82 valence electrons. The Hall–Kier alpha value is -0.890. The highest BCUT2D eigenvalue weighted by molar-refractivity contribution is 5.13. The standard InChI is InChI=1S/C13H20N2/c1-3-13(11-6-7-11)15-10(2)12-5-4-8-14-9-12/h4-5,8-11,13,15H,3,6-7H2,1-2H3/t10-,13?/m0/s1. The van der Waals surface area contributed by atoms with Gasteiger partial charge in [0.05, 0.1) is 0 Å². The fourth-order valence-electron chi connectivity index (χ4n) is 2.14. The summed E-state index contributed by atoms with van der Waals surface area (Å²) >= 11 is 0. The maximum atomic E-state index is 4.16. The van der Waals surface area contributed by atoms with Gasteiger partial charge in [-0.25, -0.2) is 0 Å². The second kappa shape index (κ2) is 4.75. The van der Waals surface area contributed by atoms with Crippen molar-refractivity contribution >= 4 is 0 Å². The van der Waals surface area contributed by atoms with E-state index in [4.69, 9.17) is 0 Å². The highest BCUT2D eigenvalue weighted by atomic mass is 15.0. The molecule has 0 bridgehead atoms. The highest BCUT2D eigenvalue weighted by Crippen LogP contribution is 2.34. The van der Waals surface area contributed by atoms with E-state index < -0.39 is 0 Å². The van der Waals surface area contributed by atoms with E-state index in [-0.39, 0.29) is 0 Å². The maximum absolute atomic E-state index is 4.16. The summed E-state index contributed by atoms with van der Waals surface area (Å²) in [6.45, 7) is 4.49. The zero-order chi connectivity index (χ0) is 10.7. The first-order valence-electron chi connectivity index (χ1n) is 5.97. The first-order valence-corrected chi connectivity index (χ1v) is 5.97. The van der Waals surface area contributed by atoms with E-state index >= 15 is 0 Å². The number of nitrogens with one attached hydrogen (secondary N) is 1. The Morgan fingerprint density at radius 1 is 1.53 bits per heavy atom. The molecule has 2 atom stereocenters. The van der Waals surface area contributed by atoms with Crippen molar-refractivity contribution in [2.75, 3.05) is 0 Å². The molecular formula is C13H20N2. The summed E-state index contributed by atoms with van der Waals surface area (Å²) in [6.07, 6.45) is 7.83. The number of aromatic nitrogens is 1. The predicted octanol–water partition coefficient (Wildman–Crippen LogP) is 2.92. The quantitative estimate of drug-likeness (QED) is 0.797. The van der Waals surface area contributed by atoms with E-state index in [2.05, 4.69) is 30.2 Å². The van der Waals surface area contributed by atoms with Crippen LogP contribution in [0.1, 0.15) is 44.7 Å². The van der Waals surface area contributed by atoms with Gasteiger partial charge in [0.2, 0.25) is 0 Å². The lowest BCUT2D eigenvalue weighted by Gasteiger charge is -2.22. The number of hydrogen-bond donors (Lipinski definition) is 1. The topological polar surface area (TPSA) is 24.9 Å². The van der Waals surface area contributed by atoms with Crippen LogP contribution in [-0.2, 0) is 0 Å². The van der Waals surface area contributed by atoms with Crippen LogP contribution in [0.5, 0.6) is 0 Å². The van der Waals surface area contributed by atoms with E-state index in [0.717, 1.165) is 5.92 Å². The summed E-state index contributed by atoms with van der Waals surface area (Å²) < 4.78 is 0. The largest absolute Gasteiger partial charge is 0.307 e. The Balaban J connectivity index is 1.93. The Kier molecular flexibility index (Phi) is 3.37. The summed E-state index contributed by atoms with van der Waals surface area (Å²) in [5, 5.41) is 3.70. The van der Waals surface area contributed by atoms with Crippen LogP contribution in [0.2, 0.25) is 0 Å². The zero-order valence-corrected chi connectivity index (χ0v) is 9.61. The molecule has 1 aromatic heterocycles. The van der Waals surface area contributed by atoms with Gasteiger partial charge in [-0.1, -0.05) is 13.0 Å². The molecule has 1 aliphatic rings. The normalized spacial score (nSPS) is 19.9. The van der Waals surface area contributed by atoms with Gasteiger partial charge in [0.15, 0.2) is 0 Å². The van der Waals surface area contributed by atoms with Crippen molar-refractivity contribution in [3.63, 3.8) is 0 Å². The smallest absolute Gasteiger partial charge is 0.0315 e. The van der Waals surface area contributed by atoms with Crippen LogP contribution in [0.3, 0.4) is 0 Å². The fourth-order valence-corrected chi connectivity index (χ4v) is 2.14. The molecule has 1 saturated carbocycles. The summed E-state index contributed by atoms with van der Waals surface area (Å²) in [4.78, 5) is 4.16. The van der Waals surface area contributed by atoms with Crippen LogP contribution in [0, 0.1) is 5.92 Å². The zero-order valence-electron chi connectivity index (χ0n) is 9.61. The SMILES string of the molecule is CCC(N[C@@H](C)c1cccnc1)C1CC1. The molecule has 15 heavy (non-hydrogen) atoms. The minimum Gasteiger partial charge on any atom is -0.307 e. The van der Waals surface area contributed by atoms with Crippen molar-refractivity contribution in [1.29, 1.82) is 0 Å². The Labute approximate surface area is 92.1 Å². The predicted molar refractivity (Wildman–Crippen MR) is 62.6 cm³/mol. The first-order chi connectivity index (χ1) is 7.31. The maximum Gasteiger partial charge on any atom is 0.0315 e. The average Bonchev–Trinajstić information content (AvgIpc) is 3.10. The Bertz CT molecular complexity index is 293. The van der Waals surface area contributed by atoms with Crippen molar-refractivity contribution in [2.24, 2.45) is 5.92 Å². The van der Waals surface area contributed by atoms with Crippen molar-refractivity contribution in [3.8, 4) is 0 Å². The molecule has 1 aromatic rings. The summed E-state index contributed by atoms with van der Waals surface area (Å²) in [7, 11) is 0. The van der Waals surface area contributed by atoms with E-state index in [1.54, 1.807) is 0 Å². The van der Waals surface area contributed by atoms with Crippen LogP contribution in [-0.4, -0.2) is 11.0 Å². The van der Waals surface area contributed by atoms with Gasteiger partial charge in [-0.15, -0.1) is 0 Å². The summed E-state index contributed by atoms with van der Waals surface area (Å²) in [5.41, 5.74) is 1.29. The molecule has 0 aromatic carbocycles. The molecule has 0 amide bonds. The molecule has 0 radical (unpaired) electrons. The van der Waals surface area contributed by atoms with Crippen LogP contribution in [0.4, 0.5) is 0 Å². The Morgan fingerprint density at radius 3 is 2.87 bits per heavy atom.